The number of pyridine rings is 1. The predicted octanol–water partition coefficient (Wildman–Crippen LogP) is 14.4. The van der Waals surface area contributed by atoms with Gasteiger partial charge in [-0.1, -0.05) is 159 Å². The highest BCUT2D eigenvalue weighted by atomic mass is 15.1. The number of rotatable bonds is 10. The van der Waals surface area contributed by atoms with Crippen LogP contribution in [-0.4, -0.2) is 4.40 Å². The van der Waals surface area contributed by atoms with E-state index < -0.39 is 0 Å². The first-order chi connectivity index (χ1) is 26.2. The summed E-state index contributed by atoms with van der Waals surface area (Å²) in [6.07, 6.45) is 9.75. The smallest absolute Gasteiger partial charge is 0.0613 e. The summed E-state index contributed by atoms with van der Waals surface area (Å²) in [5, 5.41) is 0. The number of hydrogen-bond donors (Lipinski definition) is 0. The van der Waals surface area contributed by atoms with Gasteiger partial charge in [-0.2, -0.15) is 0 Å². The van der Waals surface area contributed by atoms with E-state index in [0.717, 1.165) is 23.5 Å². The van der Waals surface area contributed by atoms with Crippen LogP contribution in [0.15, 0.2) is 206 Å². The van der Waals surface area contributed by atoms with Gasteiger partial charge in [-0.15, -0.1) is 0 Å². The quantitative estimate of drug-likeness (QED) is 0.130. The van der Waals surface area contributed by atoms with E-state index in [1.807, 2.05) is 0 Å². The molecule has 2 heteroatoms. The lowest BCUT2D eigenvalue weighted by Gasteiger charge is -2.26. The second-order valence-electron chi connectivity index (χ2n) is 13.2. The lowest BCUT2D eigenvalue weighted by molar-refractivity contribution is 1.20. The van der Waals surface area contributed by atoms with Gasteiger partial charge < -0.3 is 9.30 Å². The molecule has 2 heterocycles. The third-order valence-electron chi connectivity index (χ3n) is 9.83. The third kappa shape index (κ3) is 6.76. The number of hydrogen-bond acceptors (Lipinski definition) is 1. The molecular formula is C51H42N2. The Balaban J connectivity index is 1.16. The SMILES string of the molecule is C/C=C\C(=C/CC)c1ccc(N(c2ccccc2)c2ccc(-c3ccc(-c4c(-c5ccccc5)c5ccccn5c4-c4ccccc4)cc3)cc2)cc1. The minimum atomic E-state index is 1.000. The van der Waals surface area contributed by atoms with Gasteiger partial charge in [0.15, 0.2) is 0 Å². The number of benzene rings is 6. The lowest BCUT2D eigenvalue weighted by atomic mass is 9.92. The highest BCUT2D eigenvalue weighted by Crippen LogP contribution is 2.45. The van der Waals surface area contributed by atoms with Crippen LogP contribution in [-0.2, 0) is 0 Å². The molecule has 6 aromatic carbocycles. The molecule has 0 radical (unpaired) electrons. The van der Waals surface area contributed by atoms with Crippen LogP contribution >= 0.6 is 0 Å². The monoisotopic (exact) mass is 682 g/mol. The third-order valence-corrected chi connectivity index (χ3v) is 9.83. The van der Waals surface area contributed by atoms with Crippen LogP contribution < -0.4 is 4.90 Å². The second-order valence-corrected chi connectivity index (χ2v) is 13.2. The molecule has 0 saturated heterocycles. The molecule has 8 rings (SSSR count). The first-order valence-electron chi connectivity index (χ1n) is 18.5. The lowest BCUT2D eigenvalue weighted by Crippen LogP contribution is -2.09. The average Bonchev–Trinajstić information content (AvgIpc) is 3.58. The van der Waals surface area contributed by atoms with E-state index in [9.17, 15) is 0 Å². The largest absolute Gasteiger partial charge is 0.315 e. The van der Waals surface area contributed by atoms with Crippen molar-refractivity contribution in [2.45, 2.75) is 20.3 Å². The standard InChI is InChI=1S/C51H42N2/c1-3-16-38(17-4-2)40-29-33-46(34-30-40)53(45-22-12-7-13-23-45)47-35-31-41(32-36-47)39-25-27-43(28-26-39)50-49(42-18-8-5-9-19-42)48-24-14-15-37-52(48)51(50)44-20-10-6-11-21-44/h3,5-37H,4H2,1-2H3/b16-3-,38-17+. The van der Waals surface area contributed by atoms with Crippen LogP contribution in [0.25, 0.3) is 55.7 Å². The minimum Gasteiger partial charge on any atom is -0.315 e. The number of para-hydroxylation sites is 1. The van der Waals surface area contributed by atoms with E-state index in [0.29, 0.717) is 0 Å². The van der Waals surface area contributed by atoms with Crippen molar-refractivity contribution in [3.63, 3.8) is 0 Å². The van der Waals surface area contributed by atoms with Crippen LogP contribution in [0.3, 0.4) is 0 Å². The molecule has 2 aromatic heterocycles. The van der Waals surface area contributed by atoms with Gasteiger partial charge >= 0.3 is 0 Å². The molecule has 2 nitrogen and oxygen atoms in total. The summed E-state index contributed by atoms with van der Waals surface area (Å²) in [6.45, 7) is 4.25. The van der Waals surface area contributed by atoms with Crippen molar-refractivity contribution in [1.29, 1.82) is 0 Å². The van der Waals surface area contributed by atoms with E-state index in [2.05, 4.69) is 230 Å². The van der Waals surface area contributed by atoms with Crippen molar-refractivity contribution >= 4 is 28.2 Å². The van der Waals surface area contributed by atoms with Crippen molar-refractivity contribution in [2.75, 3.05) is 4.90 Å². The zero-order valence-electron chi connectivity index (χ0n) is 30.2. The summed E-state index contributed by atoms with van der Waals surface area (Å²) in [6, 6.07) is 65.5. The highest BCUT2D eigenvalue weighted by molar-refractivity contribution is 6.03. The zero-order valence-corrected chi connectivity index (χ0v) is 30.2. The molecule has 8 aromatic rings. The maximum Gasteiger partial charge on any atom is 0.0613 e. The van der Waals surface area contributed by atoms with Crippen molar-refractivity contribution in [2.24, 2.45) is 0 Å². The summed E-state index contributed by atoms with van der Waals surface area (Å²) < 4.78 is 2.34. The van der Waals surface area contributed by atoms with Crippen molar-refractivity contribution in [3.8, 4) is 44.6 Å². The molecule has 0 aliphatic rings. The number of anilines is 3. The number of nitrogens with zero attached hydrogens (tertiary/aromatic N) is 2. The van der Waals surface area contributed by atoms with Crippen LogP contribution in [0.5, 0.6) is 0 Å². The van der Waals surface area contributed by atoms with Crippen molar-refractivity contribution in [1.82, 2.24) is 4.40 Å². The van der Waals surface area contributed by atoms with Crippen LogP contribution in [0.1, 0.15) is 25.8 Å². The van der Waals surface area contributed by atoms with Crippen LogP contribution in [0.2, 0.25) is 0 Å². The van der Waals surface area contributed by atoms with Gasteiger partial charge in [-0.3, -0.25) is 0 Å². The van der Waals surface area contributed by atoms with E-state index >= 15 is 0 Å². The summed E-state index contributed by atoms with van der Waals surface area (Å²) >= 11 is 0. The molecule has 0 unspecified atom stereocenters. The van der Waals surface area contributed by atoms with Gasteiger partial charge in [0.2, 0.25) is 0 Å². The molecule has 0 fully saturated rings. The maximum atomic E-state index is 2.34. The fourth-order valence-electron chi connectivity index (χ4n) is 7.41. The van der Waals surface area contributed by atoms with Gasteiger partial charge in [0.1, 0.15) is 0 Å². The Morgan fingerprint density at radius 2 is 0.981 bits per heavy atom. The molecular weight excluding hydrogens is 641 g/mol. The van der Waals surface area contributed by atoms with Gasteiger partial charge in [-0.25, -0.2) is 0 Å². The Morgan fingerprint density at radius 1 is 0.491 bits per heavy atom. The van der Waals surface area contributed by atoms with Gasteiger partial charge in [0.05, 0.1) is 11.2 Å². The molecule has 0 amide bonds. The summed E-state index contributed by atoms with van der Waals surface area (Å²) in [7, 11) is 0. The van der Waals surface area contributed by atoms with Gasteiger partial charge in [-0.05, 0) is 101 Å². The molecule has 0 bridgehead atoms. The Morgan fingerprint density at radius 3 is 1.58 bits per heavy atom. The fourth-order valence-corrected chi connectivity index (χ4v) is 7.41. The van der Waals surface area contributed by atoms with Crippen LogP contribution in [0.4, 0.5) is 17.1 Å². The summed E-state index contributed by atoms with van der Waals surface area (Å²) in [5.74, 6) is 0. The Labute approximate surface area is 313 Å². The highest BCUT2D eigenvalue weighted by Gasteiger charge is 2.22. The zero-order chi connectivity index (χ0) is 36.0. The first kappa shape index (κ1) is 33.5. The topological polar surface area (TPSA) is 7.65 Å². The molecule has 0 spiro atoms. The van der Waals surface area contributed by atoms with E-state index in [-0.39, 0.29) is 0 Å². The van der Waals surface area contributed by atoms with Crippen LogP contribution in [0, 0.1) is 0 Å². The van der Waals surface area contributed by atoms with Crippen molar-refractivity contribution < 1.29 is 0 Å². The number of aromatic nitrogens is 1. The normalized spacial score (nSPS) is 11.7. The fraction of sp³-hybridized carbons (Fsp3) is 0.0588. The van der Waals surface area contributed by atoms with Crippen molar-refractivity contribution in [3.05, 3.63) is 212 Å². The van der Waals surface area contributed by atoms with Gasteiger partial charge in [0, 0.05) is 34.4 Å². The summed E-state index contributed by atoms with van der Waals surface area (Å²) in [4.78, 5) is 2.32. The molecule has 0 aliphatic heterocycles. The molecule has 0 atom stereocenters. The Hall–Kier alpha value is -6.64. The van der Waals surface area contributed by atoms with E-state index in [4.69, 9.17) is 0 Å². The van der Waals surface area contributed by atoms with E-state index in [1.165, 1.54) is 61.3 Å². The predicted molar refractivity (Wildman–Crippen MR) is 227 cm³/mol. The second kappa shape index (κ2) is 15.3. The molecule has 0 saturated carbocycles. The van der Waals surface area contributed by atoms with E-state index in [1.54, 1.807) is 0 Å². The molecule has 0 N–H and O–H groups in total. The Kier molecular flexibility index (Phi) is 9.68. The maximum absolute atomic E-state index is 2.34. The average molecular weight is 683 g/mol. The Bertz CT molecular complexity index is 2410. The molecule has 53 heavy (non-hydrogen) atoms. The van der Waals surface area contributed by atoms with Gasteiger partial charge in [0.25, 0.3) is 0 Å². The number of fused-ring (bicyclic) bond motifs is 1. The molecule has 256 valence electrons. The number of allylic oxidation sites excluding steroid dienone is 4. The first-order valence-corrected chi connectivity index (χ1v) is 18.5. The summed E-state index contributed by atoms with van der Waals surface area (Å²) in [5.41, 5.74) is 16.7. The minimum absolute atomic E-state index is 1.000. The molecule has 0 aliphatic carbocycles.